The molecule has 0 spiro atoms. The third kappa shape index (κ3) is 7.76. The van der Waals surface area contributed by atoms with Gasteiger partial charge in [-0.25, -0.2) is 14.0 Å². The van der Waals surface area contributed by atoms with Gasteiger partial charge in [0.2, 0.25) is 5.88 Å². The number of aromatic nitrogens is 1. The second-order valence-corrected chi connectivity index (χ2v) is 8.65. The number of urea groups is 1. The number of nitrogens with one attached hydrogen (secondary N) is 3. The fourth-order valence-corrected chi connectivity index (χ4v) is 3.81. The number of ether oxygens (including phenoxy) is 1. The molecule has 0 fully saturated rings. The molecule has 0 unspecified atom stereocenters. The van der Waals surface area contributed by atoms with Crippen molar-refractivity contribution < 1.29 is 23.8 Å². The average molecular weight is 467 g/mol. The molecule has 0 aliphatic rings. The number of unbranched alkanes of at least 4 members (excludes halogenated alkanes) is 2. The molecule has 1 heterocycles. The Morgan fingerprint density at radius 1 is 1.19 bits per heavy atom. The maximum absolute atomic E-state index is 14.2. The summed E-state index contributed by atoms with van der Waals surface area (Å²) in [5, 5.41) is 18.2. The molecule has 1 aromatic heterocycles. The lowest BCUT2D eigenvalue weighted by Crippen LogP contribution is -2.30. The van der Waals surface area contributed by atoms with Crippen LogP contribution in [0.5, 0.6) is 5.88 Å². The maximum atomic E-state index is 14.2. The molecule has 4 N–H and O–H groups in total. The second-order valence-electron chi connectivity index (χ2n) is 7.88. The number of nitrogens with zero attached hydrogens (tertiary/aromatic N) is 1. The van der Waals surface area contributed by atoms with E-state index in [0.29, 0.717) is 23.7 Å². The van der Waals surface area contributed by atoms with Gasteiger partial charge in [-0.1, -0.05) is 26.3 Å². The molecule has 0 aliphatic carbocycles. The lowest BCUT2D eigenvalue weighted by Gasteiger charge is -2.10. The number of halogens is 1. The Labute approximate surface area is 191 Å². The van der Waals surface area contributed by atoms with Gasteiger partial charge in [0.15, 0.2) is 5.56 Å². The van der Waals surface area contributed by atoms with Gasteiger partial charge in [-0.2, -0.15) is 4.37 Å². The summed E-state index contributed by atoms with van der Waals surface area (Å²) in [5.41, 5.74) is 1.56. The second kappa shape index (κ2) is 12.4. The predicted molar refractivity (Wildman–Crippen MR) is 123 cm³/mol. The highest BCUT2D eigenvalue weighted by Gasteiger charge is 2.24. The van der Waals surface area contributed by atoms with Crippen molar-refractivity contribution in [3.05, 3.63) is 40.2 Å². The third-order valence-electron chi connectivity index (χ3n) is 4.71. The number of carboxylic acids is 1. The van der Waals surface area contributed by atoms with E-state index in [0.717, 1.165) is 42.9 Å². The minimum Gasteiger partial charge on any atom is -0.477 e. The molecule has 10 heteroatoms. The lowest BCUT2D eigenvalue weighted by molar-refractivity contribution is 0.0693. The van der Waals surface area contributed by atoms with Gasteiger partial charge in [0.1, 0.15) is 17.4 Å². The van der Waals surface area contributed by atoms with Crippen LogP contribution in [0.3, 0.4) is 0 Å². The fourth-order valence-electron chi connectivity index (χ4n) is 3.08. The van der Waals surface area contributed by atoms with Gasteiger partial charge >= 0.3 is 12.0 Å². The number of hydrogen-bond acceptors (Lipinski definition) is 6. The highest BCUT2D eigenvalue weighted by atomic mass is 32.1. The predicted octanol–water partition coefficient (Wildman–Crippen LogP) is 4.47. The number of carbonyl (C=O) groups is 2. The van der Waals surface area contributed by atoms with Gasteiger partial charge < -0.3 is 20.5 Å². The number of aromatic carboxylic acids is 1. The number of carboxylic acid groups (broad SMARTS) is 1. The van der Waals surface area contributed by atoms with E-state index in [-0.39, 0.29) is 23.1 Å². The van der Waals surface area contributed by atoms with Crippen LogP contribution in [0.25, 0.3) is 0 Å². The van der Waals surface area contributed by atoms with E-state index in [1.807, 2.05) is 6.07 Å². The number of amides is 2. The topological polar surface area (TPSA) is 113 Å². The molecule has 8 nitrogen and oxygen atoms in total. The Kier molecular flexibility index (Phi) is 9.86. The lowest BCUT2D eigenvalue weighted by atomic mass is 10.1. The Morgan fingerprint density at radius 2 is 1.91 bits per heavy atom. The Morgan fingerprint density at radius 3 is 2.56 bits per heavy atom. The standard InChI is InChI=1S/C22H31FN4O4S/c1-13(2)24-8-6-5-7-9-25-22(30)26-20-18(21(28)29)19(27-32-20)31-12-16-15(4)10-14(3)11-17(16)23/h10-11,13,24H,5-9,12H2,1-4H3,(H,28,29)(H2,25,26,30). The van der Waals surface area contributed by atoms with E-state index in [4.69, 9.17) is 4.74 Å². The Balaban J connectivity index is 1.90. The first-order valence-corrected chi connectivity index (χ1v) is 11.4. The van der Waals surface area contributed by atoms with Crippen molar-refractivity contribution in [3.8, 4) is 5.88 Å². The van der Waals surface area contributed by atoms with E-state index in [2.05, 4.69) is 34.2 Å². The van der Waals surface area contributed by atoms with Crippen LogP contribution in [0.2, 0.25) is 0 Å². The van der Waals surface area contributed by atoms with Crippen LogP contribution in [0.4, 0.5) is 14.2 Å². The monoisotopic (exact) mass is 466 g/mol. The molecule has 32 heavy (non-hydrogen) atoms. The number of carbonyl (C=O) groups excluding carboxylic acids is 1. The zero-order chi connectivity index (χ0) is 23.7. The average Bonchev–Trinajstić information content (AvgIpc) is 3.08. The molecule has 2 amide bonds. The first-order chi connectivity index (χ1) is 15.2. The molecule has 0 saturated carbocycles. The molecule has 0 bridgehead atoms. The zero-order valence-electron chi connectivity index (χ0n) is 18.9. The molecule has 0 saturated heterocycles. The van der Waals surface area contributed by atoms with E-state index in [9.17, 15) is 19.1 Å². The van der Waals surface area contributed by atoms with Crippen molar-refractivity contribution in [2.45, 2.75) is 59.6 Å². The zero-order valence-corrected chi connectivity index (χ0v) is 19.7. The smallest absolute Gasteiger partial charge is 0.344 e. The molecule has 2 aromatic rings. The quantitative estimate of drug-likeness (QED) is 0.344. The molecule has 176 valence electrons. The SMILES string of the molecule is Cc1cc(C)c(COc2nsc(NC(=O)NCCCCCNC(C)C)c2C(=O)O)c(F)c1. The summed E-state index contributed by atoms with van der Waals surface area (Å²) in [6.07, 6.45) is 2.80. The Hall–Kier alpha value is -2.72. The summed E-state index contributed by atoms with van der Waals surface area (Å²) in [5.74, 6) is -1.87. The molecule has 0 radical (unpaired) electrons. The van der Waals surface area contributed by atoms with Crippen LogP contribution in [-0.4, -0.2) is 40.6 Å². The summed E-state index contributed by atoms with van der Waals surface area (Å²) in [6.45, 7) is 8.97. The largest absolute Gasteiger partial charge is 0.477 e. The van der Waals surface area contributed by atoms with Crippen LogP contribution in [0.15, 0.2) is 12.1 Å². The number of benzene rings is 1. The van der Waals surface area contributed by atoms with Crippen LogP contribution in [0, 0.1) is 19.7 Å². The van der Waals surface area contributed by atoms with Gasteiger partial charge in [0.25, 0.3) is 0 Å². The maximum Gasteiger partial charge on any atom is 0.344 e. The first-order valence-electron chi connectivity index (χ1n) is 10.6. The van der Waals surface area contributed by atoms with Gasteiger partial charge in [0.05, 0.1) is 0 Å². The number of anilines is 1. The minimum absolute atomic E-state index is 0.0623. The summed E-state index contributed by atoms with van der Waals surface area (Å²) < 4.78 is 23.7. The van der Waals surface area contributed by atoms with Crippen molar-refractivity contribution in [2.75, 3.05) is 18.4 Å². The number of aryl methyl sites for hydroxylation is 2. The van der Waals surface area contributed by atoms with E-state index in [1.165, 1.54) is 6.07 Å². The highest BCUT2D eigenvalue weighted by Crippen LogP contribution is 2.31. The molecule has 1 aromatic carbocycles. The van der Waals surface area contributed by atoms with E-state index >= 15 is 0 Å². The number of hydrogen-bond donors (Lipinski definition) is 4. The van der Waals surface area contributed by atoms with Crippen molar-refractivity contribution in [2.24, 2.45) is 0 Å². The van der Waals surface area contributed by atoms with Crippen LogP contribution in [0.1, 0.15) is 60.2 Å². The first kappa shape index (κ1) is 25.5. The van der Waals surface area contributed by atoms with E-state index < -0.39 is 17.8 Å². The van der Waals surface area contributed by atoms with Crippen LogP contribution >= 0.6 is 11.5 Å². The highest BCUT2D eigenvalue weighted by molar-refractivity contribution is 7.11. The summed E-state index contributed by atoms with van der Waals surface area (Å²) in [4.78, 5) is 23.9. The minimum atomic E-state index is -1.29. The third-order valence-corrected chi connectivity index (χ3v) is 5.46. The summed E-state index contributed by atoms with van der Waals surface area (Å²) in [7, 11) is 0. The van der Waals surface area contributed by atoms with Crippen molar-refractivity contribution in [1.29, 1.82) is 0 Å². The molecule has 0 atom stereocenters. The van der Waals surface area contributed by atoms with Crippen LogP contribution < -0.4 is 20.7 Å². The number of rotatable bonds is 12. The fraction of sp³-hybridized carbons (Fsp3) is 0.500. The normalized spacial score (nSPS) is 10.9. The molecular formula is C22H31FN4O4S. The molecular weight excluding hydrogens is 435 g/mol. The Bertz CT molecular complexity index is 910. The van der Waals surface area contributed by atoms with Crippen LogP contribution in [-0.2, 0) is 6.61 Å². The summed E-state index contributed by atoms with van der Waals surface area (Å²) >= 11 is 0.802. The summed E-state index contributed by atoms with van der Waals surface area (Å²) in [6, 6.07) is 3.15. The van der Waals surface area contributed by atoms with Gasteiger partial charge in [-0.15, -0.1) is 0 Å². The molecule has 0 aliphatic heterocycles. The van der Waals surface area contributed by atoms with Crippen molar-refractivity contribution in [3.63, 3.8) is 0 Å². The van der Waals surface area contributed by atoms with Crippen molar-refractivity contribution >= 4 is 28.5 Å². The van der Waals surface area contributed by atoms with Gasteiger partial charge in [-0.05, 0) is 62.0 Å². The van der Waals surface area contributed by atoms with Gasteiger partial charge in [0, 0.05) is 18.2 Å². The molecule has 2 rings (SSSR count). The van der Waals surface area contributed by atoms with E-state index in [1.54, 1.807) is 13.8 Å². The van der Waals surface area contributed by atoms with Crippen molar-refractivity contribution in [1.82, 2.24) is 15.0 Å². The van der Waals surface area contributed by atoms with Gasteiger partial charge in [-0.3, -0.25) is 5.32 Å².